The van der Waals surface area contributed by atoms with Crippen molar-refractivity contribution in [2.75, 3.05) is 18.5 Å². The molecule has 0 atom stereocenters. The minimum Gasteiger partial charge on any atom is -0.462 e. The van der Waals surface area contributed by atoms with E-state index in [0.29, 0.717) is 12.2 Å². The summed E-state index contributed by atoms with van der Waals surface area (Å²) in [6.07, 6.45) is 2.57. The van der Waals surface area contributed by atoms with Gasteiger partial charge >= 0.3 is 5.97 Å². The molecule has 1 aromatic heterocycles. The number of hydrogen-bond acceptors (Lipinski definition) is 4. The molecule has 0 unspecified atom stereocenters. The van der Waals surface area contributed by atoms with E-state index in [-0.39, 0.29) is 5.97 Å². The number of carbonyl (C=O) groups is 1. The van der Waals surface area contributed by atoms with Gasteiger partial charge < -0.3 is 10.1 Å². The molecule has 0 aliphatic carbocycles. The molecule has 1 heterocycles. The second-order valence-corrected chi connectivity index (χ2v) is 4.21. The summed E-state index contributed by atoms with van der Waals surface area (Å²) in [7, 11) is 0. The van der Waals surface area contributed by atoms with Crippen molar-refractivity contribution >= 4 is 22.6 Å². The summed E-state index contributed by atoms with van der Waals surface area (Å²) in [6, 6.07) is 7.77. The van der Waals surface area contributed by atoms with Crippen LogP contribution in [-0.2, 0) is 4.74 Å². The number of anilines is 1. The Morgan fingerprint density at radius 3 is 2.84 bits per heavy atom. The molecular weight excluding hydrogens is 240 g/mol. The van der Waals surface area contributed by atoms with E-state index in [1.807, 2.05) is 24.3 Å². The lowest BCUT2D eigenvalue weighted by molar-refractivity contribution is 0.0527. The van der Waals surface area contributed by atoms with Crippen LogP contribution in [0.3, 0.4) is 0 Å². The second-order valence-electron chi connectivity index (χ2n) is 4.21. The fourth-order valence-electron chi connectivity index (χ4n) is 1.95. The molecular formula is C15H18N2O2. The van der Waals surface area contributed by atoms with E-state index in [9.17, 15) is 4.79 Å². The lowest BCUT2D eigenvalue weighted by Gasteiger charge is -2.13. The van der Waals surface area contributed by atoms with Crippen molar-refractivity contribution in [3.63, 3.8) is 0 Å². The van der Waals surface area contributed by atoms with Crippen molar-refractivity contribution < 1.29 is 9.53 Å². The highest BCUT2D eigenvalue weighted by Gasteiger charge is 2.15. The summed E-state index contributed by atoms with van der Waals surface area (Å²) < 4.78 is 5.08. The first-order chi connectivity index (χ1) is 9.27. The zero-order valence-corrected chi connectivity index (χ0v) is 11.3. The summed E-state index contributed by atoms with van der Waals surface area (Å²) in [5, 5.41) is 4.25. The van der Waals surface area contributed by atoms with Crippen LogP contribution in [0.2, 0.25) is 0 Å². The number of fused-ring (bicyclic) bond motifs is 1. The van der Waals surface area contributed by atoms with Crippen LogP contribution in [0.15, 0.2) is 30.5 Å². The molecule has 1 aromatic carbocycles. The fraction of sp³-hybridized carbons (Fsp3) is 0.333. The van der Waals surface area contributed by atoms with Gasteiger partial charge in [0.1, 0.15) is 5.56 Å². The van der Waals surface area contributed by atoms with E-state index in [4.69, 9.17) is 4.74 Å². The van der Waals surface area contributed by atoms with Gasteiger partial charge in [-0.1, -0.05) is 25.1 Å². The zero-order valence-electron chi connectivity index (χ0n) is 11.3. The first-order valence-corrected chi connectivity index (χ1v) is 6.56. The van der Waals surface area contributed by atoms with Crippen LogP contribution < -0.4 is 5.32 Å². The Kier molecular flexibility index (Phi) is 4.34. The van der Waals surface area contributed by atoms with Crippen LogP contribution in [0.25, 0.3) is 10.9 Å². The molecule has 2 aromatic rings. The molecule has 4 heteroatoms. The molecule has 2 rings (SSSR count). The van der Waals surface area contributed by atoms with Gasteiger partial charge in [-0.3, -0.25) is 4.98 Å². The SMILES string of the molecule is CCCNc1c(C(=O)OCC)cnc2ccccc12. The predicted molar refractivity (Wildman–Crippen MR) is 76.5 cm³/mol. The molecule has 0 saturated carbocycles. The zero-order chi connectivity index (χ0) is 13.7. The number of benzene rings is 1. The van der Waals surface area contributed by atoms with E-state index in [1.165, 1.54) is 0 Å². The molecule has 0 spiro atoms. The number of hydrogen-bond donors (Lipinski definition) is 1. The molecule has 100 valence electrons. The Hall–Kier alpha value is -2.10. The van der Waals surface area contributed by atoms with E-state index in [2.05, 4.69) is 17.2 Å². The third-order valence-electron chi connectivity index (χ3n) is 2.82. The number of nitrogens with one attached hydrogen (secondary N) is 1. The van der Waals surface area contributed by atoms with Gasteiger partial charge in [-0.15, -0.1) is 0 Å². The van der Waals surface area contributed by atoms with E-state index in [0.717, 1.165) is 29.6 Å². The average molecular weight is 258 g/mol. The molecule has 0 bridgehead atoms. The highest BCUT2D eigenvalue weighted by Crippen LogP contribution is 2.26. The number of esters is 1. The number of para-hydroxylation sites is 1. The first-order valence-electron chi connectivity index (χ1n) is 6.56. The quantitative estimate of drug-likeness (QED) is 0.836. The van der Waals surface area contributed by atoms with Crippen molar-refractivity contribution in [3.05, 3.63) is 36.0 Å². The monoisotopic (exact) mass is 258 g/mol. The number of nitrogens with zero attached hydrogens (tertiary/aromatic N) is 1. The topological polar surface area (TPSA) is 51.2 Å². The molecule has 1 N–H and O–H groups in total. The summed E-state index contributed by atoms with van der Waals surface area (Å²) in [6.45, 7) is 5.05. The Morgan fingerprint density at radius 2 is 2.11 bits per heavy atom. The standard InChI is InChI=1S/C15H18N2O2/c1-3-9-16-14-11-7-5-6-8-13(11)17-10-12(14)15(18)19-4-2/h5-8,10H,3-4,9H2,1-2H3,(H,16,17). The minimum atomic E-state index is -0.334. The molecule has 19 heavy (non-hydrogen) atoms. The van der Waals surface area contributed by atoms with Crippen LogP contribution in [0, 0.1) is 0 Å². The van der Waals surface area contributed by atoms with E-state index < -0.39 is 0 Å². The lowest BCUT2D eigenvalue weighted by Crippen LogP contribution is -2.11. The van der Waals surface area contributed by atoms with Crippen LogP contribution in [0.1, 0.15) is 30.6 Å². The van der Waals surface area contributed by atoms with E-state index >= 15 is 0 Å². The van der Waals surface area contributed by atoms with Crippen LogP contribution in [0.5, 0.6) is 0 Å². The average Bonchev–Trinajstić information content (AvgIpc) is 2.44. The van der Waals surface area contributed by atoms with Gasteiger partial charge in [0.25, 0.3) is 0 Å². The van der Waals surface area contributed by atoms with Crippen molar-refractivity contribution in [2.45, 2.75) is 20.3 Å². The Bertz CT molecular complexity index is 581. The minimum absolute atomic E-state index is 0.334. The molecule has 4 nitrogen and oxygen atoms in total. The number of pyridine rings is 1. The Balaban J connectivity index is 2.52. The van der Waals surface area contributed by atoms with Crippen molar-refractivity contribution in [1.29, 1.82) is 0 Å². The highest BCUT2D eigenvalue weighted by molar-refractivity contribution is 6.04. The second kappa shape index (κ2) is 6.18. The van der Waals surface area contributed by atoms with Crippen LogP contribution >= 0.6 is 0 Å². The van der Waals surface area contributed by atoms with Crippen molar-refractivity contribution in [2.24, 2.45) is 0 Å². The smallest absolute Gasteiger partial charge is 0.341 e. The maximum atomic E-state index is 12.0. The van der Waals surface area contributed by atoms with Crippen LogP contribution in [0.4, 0.5) is 5.69 Å². The largest absolute Gasteiger partial charge is 0.462 e. The van der Waals surface area contributed by atoms with Gasteiger partial charge in [-0.05, 0) is 19.4 Å². The third-order valence-corrected chi connectivity index (χ3v) is 2.82. The summed E-state index contributed by atoms with van der Waals surface area (Å²) in [4.78, 5) is 16.3. The first kappa shape index (κ1) is 13.3. The molecule has 0 fully saturated rings. The van der Waals surface area contributed by atoms with Gasteiger partial charge in [0.15, 0.2) is 0 Å². The summed E-state index contributed by atoms with van der Waals surface area (Å²) in [5.74, 6) is -0.334. The number of rotatable bonds is 5. The number of carbonyl (C=O) groups excluding carboxylic acids is 1. The van der Waals surface area contributed by atoms with Gasteiger partial charge in [0.2, 0.25) is 0 Å². The van der Waals surface area contributed by atoms with E-state index in [1.54, 1.807) is 13.1 Å². The summed E-state index contributed by atoms with van der Waals surface area (Å²) >= 11 is 0. The fourth-order valence-corrected chi connectivity index (χ4v) is 1.95. The molecule has 0 amide bonds. The highest BCUT2D eigenvalue weighted by atomic mass is 16.5. The van der Waals surface area contributed by atoms with Gasteiger partial charge in [-0.2, -0.15) is 0 Å². The number of ether oxygens (including phenoxy) is 1. The molecule has 0 aliphatic heterocycles. The third kappa shape index (κ3) is 2.84. The number of aromatic nitrogens is 1. The molecule has 0 radical (unpaired) electrons. The van der Waals surface area contributed by atoms with Crippen LogP contribution in [-0.4, -0.2) is 24.1 Å². The lowest BCUT2D eigenvalue weighted by atomic mass is 10.1. The normalized spacial score (nSPS) is 10.4. The molecule has 0 aliphatic rings. The Labute approximate surface area is 112 Å². The van der Waals surface area contributed by atoms with Crippen molar-refractivity contribution in [1.82, 2.24) is 4.98 Å². The maximum Gasteiger partial charge on any atom is 0.341 e. The van der Waals surface area contributed by atoms with Gasteiger partial charge in [0.05, 0.1) is 17.8 Å². The van der Waals surface area contributed by atoms with Crippen molar-refractivity contribution in [3.8, 4) is 0 Å². The van der Waals surface area contributed by atoms with Gasteiger partial charge in [-0.25, -0.2) is 4.79 Å². The predicted octanol–water partition coefficient (Wildman–Crippen LogP) is 3.23. The maximum absolute atomic E-state index is 12.0. The van der Waals surface area contributed by atoms with Gasteiger partial charge in [0, 0.05) is 18.1 Å². The summed E-state index contributed by atoms with van der Waals surface area (Å²) in [5.41, 5.74) is 2.18. The Morgan fingerprint density at radius 1 is 1.32 bits per heavy atom. The molecule has 0 saturated heterocycles.